The largest absolute Gasteiger partial charge is 0.468 e. The Bertz CT molecular complexity index is 923. The van der Waals surface area contributed by atoms with Crippen LogP contribution >= 0.6 is 0 Å². The van der Waals surface area contributed by atoms with Crippen LogP contribution in [0.2, 0.25) is 0 Å². The summed E-state index contributed by atoms with van der Waals surface area (Å²) in [6.45, 7) is 2.25. The number of rotatable bonds is 4. The lowest BCUT2D eigenvalue weighted by atomic mass is 10.1. The second-order valence-electron chi connectivity index (χ2n) is 5.75. The summed E-state index contributed by atoms with van der Waals surface area (Å²) in [6, 6.07) is 14.2. The summed E-state index contributed by atoms with van der Waals surface area (Å²) in [5.41, 5.74) is 4.33. The maximum absolute atomic E-state index is 11.7. The molecule has 24 heavy (non-hydrogen) atoms. The van der Waals surface area contributed by atoms with Crippen molar-refractivity contribution in [1.82, 2.24) is 4.57 Å². The van der Waals surface area contributed by atoms with Crippen molar-refractivity contribution in [2.45, 2.75) is 13.5 Å². The Morgan fingerprint density at radius 2 is 1.92 bits per heavy atom. The second kappa shape index (κ2) is 6.71. The van der Waals surface area contributed by atoms with Gasteiger partial charge in [0, 0.05) is 40.4 Å². The third kappa shape index (κ3) is 2.95. The number of aryl methyl sites for hydroxylation is 1. The lowest BCUT2D eigenvalue weighted by Gasteiger charge is -2.06. The Morgan fingerprint density at radius 1 is 1.17 bits per heavy atom. The van der Waals surface area contributed by atoms with Crippen LogP contribution in [0.15, 0.2) is 48.7 Å². The zero-order valence-corrected chi connectivity index (χ0v) is 14.2. The van der Waals surface area contributed by atoms with Crippen LogP contribution < -0.4 is 4.57 Å². The number of para-hydroxylation sites is 1. The number of aromatic nitrogens is 2. The van der Waals surface area contributed by atoms with Gasteiger partial charge in [0.2, 0.25) is 5.69 Å². The van der Waals surface area contributed by atoms with Crippen molar-refractivity contribution < 1.29 is 14.1 Å². The fraction of sp³-hybridized carbons (Fsp3) is 0.200. The highest BCUT2D eigenvalue weighted by atomic mass is 16.5. The molecule has 0 aliphatic rings. The molecule has 0 spiro atoms. The van der Waals surface area contributed by atoms with Gasteiger partial charge in [-0.15, -0.1) is 0 Å². The predicted octanol–water partition coefficient (Wildman–Crippen LogP) is 3.12. The lowest BCUT2D eigenvalue weighted by Crippen LogP contribution is -2.30. The maximum atomic E-state index is 11.7. The molecule has 3 rings (SSSR count). The molecule has 4 heteroatoms. The zero-order chi connectivity index (χ0) is 17.1. The van der Waals surface area contributed by atoms with Crippen LogP contribution in [0.25, 0.3) is 23.1 Å². The number of methoxy groups -OCH3 is 1. The van der Waals surface area contributed by atoms with E-state index in [0.29, 0.717) is 0 Å². The minimum absolute atomic E-state index is 0.218. The molecule has 1 aromatic carbocycles. The Kier molecular flexibility index (Phi) is 4.47. The fourth-order valence-corrected chi connectivity index (χ4v) is 2.94. The minimum Gasteiger partial charge on any atom is -0.468 e. The molecule has 0 saturated carbocycles. The molecule has 0 atom stereocenters. The summed E-state index contributed by atoms with van der Waals surface area (Å²) in [6.07, 6.45) is 6.23. The number of fused-ring (bicyclic) bond motifs is 1. The van der Waals surface area contributed by atoms with E-state index in [2.05, 4.69) is 28.9 Å². The summed E-state index contributed by atoms with van der Waals surface area (Å²) >= 11 is 0. The van der Waals surface area contributed by atoms with Gasteiger partial charge in [-0.25, -0.2) is 4.57 Å². The van der Waals surface area contributed by atoms with Gasteiger partial charge in [-0.1, -0.05) is 18.2 Å². The molecular formula is C20H21N2O2+. The monoisotopic (exact) mass is 321 g/mol. The van der Waals surface area contributed by atoms with E-state index in [1.54, 1.807) is 0 Å². The summed E-state index contributed by atoms with van der Waals surface area (Å²) in [5, 5.41) is 1.13. The number of hydrogen-bond donors (Lipinski definition) is 0. The van der Waals surface area contributed by atoms with Crippen molar-refractivity contribution in [3.05, 3.63) is 65.6 Å². The van der Waals surface area contributed by atoms with E-state index in [9.17, 15) is 4.79 Å². The smallest absolute Gasteiger partial charge is 0.325 e. The molecule has 0 radical (unpaired) electrons. The Morgan fingerprint density at radius 3 is 2.67 bits per heavy atom. The molecule has 0 unspecified atom stereocenters. The molecule has 2 heterocycles. The van der Waals surface area contributed by atoms with Gasteiger partial charge >= 0.3 is 5.97 Å². The van der Waals surface area contributed by atoms with Crippen LogP contribution in [0, 0.1) is 6.92 Å². The summed E-state index contributed by atoms with van der Waals surface area (Å²) in [5.74, 6) is -0.246. The first kappa shape index (κ1) is 16.0. The van der Waals surface area contributed by atoms with E-state index in [1.807, 2.05) is 55.1 Å². The highest BCUT2D eigenvalue weighted by Crippen LogP contribution is 2.27. The molecule has 0 saturated heterocycles. The van der Waals surface area contributed by atoms with Crippen LogP contribution in [-0.4, -0.2) is 17.6 Å². The number of ether oxygens (including phenoxy) is 1. The molecule has 4 nitrogen and oxygen atoms in total. The van der Waals surface area contributed by atoms with Gasteiger partial charge in [-0.05, 0) is 25.1 Å². The molecule has 122 valence electrons. The van der Waals surface area contributed by atoms with Crippen LogP contribution in [-0.2, 0) is 23.1 Å². The Balaban J connectivity index is 2.10. The molecule has 0 fully saturated rings. The first-order chi connectivity index (χ1) is 11.6. The number of carbonyl (C=O) groups excluding carboxylic acids is 1. The van der Waals surface area contributed by atoms with Gasteiger partial charge in [0.1, 0.15) is 13.6 Å². The zero-order valence-electron chi connectivity index (χ0n) is 14.2. The number of benzene rings is 1. The molecule has 0 bridgehead atoms. The van der Waals surface area contributed by atoms with Gasteiger partial charge in [0.15, 0.2) is 6.20 Å². The number of hydrogen-bond acceptors (Lipinski definition) is 2. The van der Waals surface area contributed by atoms with Crippen LogP contribution in [0.3, 0.4) is 0 Å². The van der Waals surface area contributed by atoms with Crippen molar-refractivity contribution >= 4 is 29.0 Å². The van der Waals surface area contributed by atoms with Gasteiger partial charge in [0.25, 0.3) is 0 Å². The average molecular weight is 321 g/mol. The first-order valence-electron chi connectivity index (χ1n) is 7.89. The van der Waals surface area contributed by atoms with Gasteiger partial charge in [0.05, 0.1) is 7.11 Å². The molecule has 2 aromatic heterocycles. The Hall–Kier alpha value is -2.88. The third-order valence-corrected chi connectivity index (χ3v) is 4.31. The highest BCUT2D eigenvalue weighted by Gasteiger charge is 2.14. The standard InChI is InChI=1S/C20H21N2O2/c1-15-17(12-11-16-8-6-7-13-21(16)2)18-9-4-5-10-19(18)22(15)14-20(23)24-3/h4-13H,14H2,1-3H3/q+1. The molecule has 0 N–H and O–H groups in total. The molecule has 3 aromatic rings. The topological polar surface area (TPSA) is 35.1 Å². The van der Waals surface area contributed by atoms with E-state index in [0.717, 1.165) is 27.9 Å². The lowest BCUT2D eigenvalue weighted by molar-refractivity contribution is -0.673. The summed E-state index contributed by atoms with van der Waals surface area (Å²) < 4.78 is 8.91. The second-order valence-corrected chi connectivity index (χ2v) is 5.75. The number of carbonyl (C=O) groups is 1. The van der Waals surface area contributed by atoms with Crippen LogP contribution in [0.4, 0.5) is 0 Å². The minimum atomic E-state index is -0.246. The van der Waals surface area contributed by atoms with Crippen LogP contribution in [0.5, 0.6) is 0 Å². The number of pyridine rings is 1. The summed E-state index contributed by atoms with van der Waals surface area (Å²) in [4.78, 5) is 11.7. The van der Waals surface area contributed by atoms with Gasteiger partial charge in [-0.3, -0.25) is 4.79 Å². The van der Waals surface area contributed by atoms with E-state index in [-0.39, 0.29) is 12.5 Å². The average Bonchev–Trinajstić information content (AvgIpc) is 2.86. The van der Waals surface area contributed by atoms with Crippen LogP contribution in [0.1, 0.15) is 17.0 Å². The fourth-order valence-electron chi connectivity index (χ4n) is 2.94. The van der Waals surface area contributed by atoms with Gasteiger partial charge < -0.3 is 9.30 Å². The van der Waals surface area contributed by atoms with E-state index >= 15 is 0 Å². The van der Waals surface area contributed by atoms with Crippen molar-refractivity contribution in [2.75, 3.05) is 7.11 Å². The van der Waals surface area contributed by atoms with Crippen molar-refractivity contribution in [2.24, 2.45) is 7.05 Å². The molecular weight excluding hydrogens is 300 g/mol. The third-order valence-electron chi connectivity index (χ3n) is 4.31. The van der Waals surface area contributed by atoms with E-state index in [1.165, 1.54) is 7.11 Å². The Labute approximate surface area is 141 Å². The van der Waals surface area contributed by atoms with E-state index in [4.69, 9.17) is 4.74 Å². The normalized spacial score (nSPS) is 11.3. The maximum Gasteiger partial charge on any atom is 0.325 e. The summed E-state index contributed by atoms with van der Waals surface area (Å²) in [7, 11) is 3.44. The first-order valence-corrected chi connectivity index (χ1v) is 7.89. The van der Waals surface area contributed by atoms with Crippen molar-refractivity contribution in [3.63, 3.8) is 0 Å². The molecule has 0 aliphatic carbocycles. The highest BCUT2D eigenvalue weighted by molar-refractivity contribution is 5.94. The van der Waals surface area contributed by atoms with Gasteiger partial charge in [-0.2, -0.15) is 0 Å². The SMILES string of the molecule is COC(=O)Cn1c(C)c(/C=C/c2cccc[n+]2C)c2ccccc21. The van der Waals surface area contributed by atoms with Crippen molar-refractivity contribution in [3.8, 4) is 0 Å². The molecule has 0 aliphatic heterocycles. The molecule has 0 amide bonds. The quantitative estimate of drug-likeness (QED) is 0.547. The van der Waals surface area contributed by atoms with E-state index < -0.39 is 0 Å². The van der Waals surface area contributed by atoms with Crippen molar-refractivity contribution in [1.29, 1.82) is 0 Å². The predicted molar refractivity (Wildman–Crippen MR) is 95.2 cm³/mol. The number of nitrogens with zero attached hydrogens (tertiary/aromatic N) is 2. The number of esters is 1.